The van der Waals surface area contributed by atoms with Gasteiger partial charge in [0.1, 0.15) is 0 Å². The van der Waals surface area contributed by atoms with Crippen LogP contribution in [0, 0.1) is 29.6 Å². The van der Waals surface area contributed by atoms with Gasteiger partial charge in [-0.2, -0.15) is 0 Å². The van der Waals surface area contributed by atoms with Crippen molar-refractivity contribution in [3.63, 3.8) is 0 Å². The van der Waals surface area contributed by atoms with Crippen LogP contribution in [-0.2, 0) is 0 Å². The molecule has 76 valence electrons. The first-order chi connectivity index (χ1) is 5.93. The molecule has 0 saturated heterocycles. The normalized spacial score (nSPS) is 61.2. The van der Waals surface area contributed by atoms with E-state index in [1.807, 2.05) is 0 Å². The number of rotatable bonds is 0. The Balaban J connectivity index is 2.29. The predicted molar refractivity (Wildman–Crippen MR) is 56.3 cm³/mol. The topological polar surface area (TPSA) is 26.0 Å². The number of hydrogen-bond donors (Lipinski definition) is 1. The van der Waals surface area contributed by atoms with Crippen molar-refractivity contribution < 1.29 is 0 Å². The van der Waals surface area contributed by atoms with Gasteiger partial charge in [0.25, 0.3) is 0 Å². The van der Waals surface area contributed by atoms with Crippen molar-refractivity contribution in [3.05, 3.63) is 0 Å². The van der Waals surface area contributed by atoms with Gasteiger partial charge in [-0.05, 0) is 49.4 Å². The Labute approximate surface area is 82.1 Å². The van der Waals surface area contributed by atoms with Gasteiger partial charge in [-0.1, -0.05) is 20.8 Å². The highest BCUT2D eigenvalue weighted by atomic mass is 14.8. The van der Waals surface area contributed by atoms with Crippen molar-refractivity contribution in [1.29, 1.82) is 0 Å². The molecule has 0 aromatic carbocycles. The summed E-state index contributed by atoms with van der Waals surface area (Å²) in [4.78, 5) is 0. The summed E-state index contributed by atoms with van der Waals surface area (Å²) in [5.74, 6) is 4.29. The van der Waals surface area contributed by atoms with E-state index >= 15 is 0 Å². The Morgan fingerprint density at radius 2 is 1.69 bits per heavy atom. The van der Waals surface area contributed by atoms with E-state index in [1.54, 1.807) is 0 Å². The van der Waals surface area contributed by atoms with E-state index < -0.39 is 0 Å². The SMILES string of the molecule is CC1CC(C)C2C1C(C)CC2(C)N. The third kappa shape index (κ3) is 1.24. The van der Waals surface area contributed by atoms with Gasteiger partial charge in [-0.15, -0.1) is 0 Å². The van der Waals surface area contributed by atoms with Crippen molar-refractivity contribution in [2.24, 2.45) is 35.3 Å². The molecule has 1 heteroatoms. The standard InChI is InChI=1S/C12H23N/c1-7-5-8(2)11-10(7)9(3)6-12(11,4)13/h7-11H,5-6,13H2,1-4H3. The molecule has 0 aliphatic heterocycles. The van der Waals surface area contributed by atoms with Crippen LogP contribution >= 0.6 is 0 Å². The second-order valence-corrected chi connectivity index (χ2v) is 5.98. The van der Waals surface area contributed by atoms with Crippen LogP contribution in [-0.4, -0.2) is 5.54 Å². The summed E-state index contributed by atoms with van der Waals surface area (Å²) in [5, 5.41) is 0. The Morgan fingerprint density at radius 1 is 1.08 bits per heavy atom. The zero-order valence-corrected chi connectivity index (χ0v) is 9.38. The molecular formula is C12H23N. The quantitative estimate of drug-likeness (QED) is 0.611. The average molecular weight is 181 g/mol. The smallest absolute Gasteiger partial charge is 0.0162 e. The van der Waals surface area contributed by atoms with Crippen LogP contribution in [0.3, 0.4) is 0 Å². The summed E-state index contributed by atoms with van der Waals surface area (Å²) in [6, 6.07) is 0. The molecule has 6 unspecified atom stereocenters. The maximum atomic E-state index is 6.41. The van der Waals surface area contributed by atoms with E-state index in [-0.39, 0.29) is 5.54 Å². The summed E-state index contributed by atoms with van der Waals surface area (Å²) < 4.78 is 0. The minimum atomic E-state index is 0.119. The first kappa shape index (κ1) is 9.51. The second-order valence-electron chi connectivity index (χ2n) is 5.98. The molecule has 2 saturated carbocycles. The fourth-order valence-corrected chi connectivity index (χ4v) is 4.59. The van der Waals surface area contributed by atoms with E-state index in [2.05, 4.69) is 27.7 Å². The highest BCUT2D eigenvalue weighted by molar-refractivity contribution is 5.07. The predicted octanol–water partition coefficient (Wildman–Crippen LogP) is 2.65. The fraction of sp³-hybridized carbons (Fsp3) is 1.00. The van der Waals surface area contributed by atoms with Crippen LogP contribution in [0.1, 0.15) is 40.5 Å². The summed E-state index contributed by atoms with van der Waals surface area (Å²) in [6.07, 6.45) is 2.63. The van der Waals surface area contributed by atoms with E-state index in [0.29, 0.717) is 0 Å². The largest absolute Gasteiger partial charge is 0.325 e. The van der Waals surface area contributed by atoms with E-state index in [4.69, 9.17) is 5.73 Å². The highest BCUT2D eigenvalue weighted by Gasteiger charge is 2.54. The fourth-order valence-electron chi connectivity index (χ4n) is 4.59. The highest BCUT2D eigenvalue weighted by Crippen LogP contribution is 2.56. The Morgan fingerprint density at radius 3 is 2.23 bits per heavy atom. The Hall–Kier alpha value is -0.0400. The minimum absolute atomic E-state index is 0.119. The van der Waals surface area contributed by atoms with Gasteiger partial charge >= 0.3 is 0 Å². The van der Waals surface area contributed by atoms with Gasteiger partial charge in [-0.3, -0.25) is 0 Å². The van der Waals surface area contributed by atoms with Gasteiger partial charge in [0.15, 0.2) is 0 Å². The number of fused-ring (bicyclic) bond motifs is 1. The Kier molecular flexibility index (Phi) is 1.99. The third-order valence-electron chi connectivity index (χ3n) is 4.61. The molecular weight excluding hydrogens is 158 g/mol. The molecule has 0 aromatic rings. The van der Waals surface area contributed by atoms with Crippen molar-refractivity contribution in [1.82, 2.24) is 0 Å². The molecule has 6 atom stereocenters. The van der Waals surface area contributed by atoms with Crippen LogP contribution in [0.15, 0.2) is 0 Å². The zero-order valence-electron chi connectivity index (χ0n) is 9.38. The first-order valence-electron chi connectivity index (χ1n) is 5.72. The molecule has 0 amide bonds. The first-order valence-corrected chi connectivity index (χ1v) is 5.72. The van der Waals surface area contributed by atoms with Crippen molar-refractivity contribution in [2.45, 2.75) is 46.1 Å². The average Bonchev–Trinajstić information content (AvgIpc) is 2.35. The second kappa shape index (κ2) is 2.73. The van der Waals surface area contributed by atoms with Crippen molar-refractivity contribution in [2.75, 3.05) is 0 Å². The lowest BCUT2D eigenvalue weighted by Gasteiger charge is -2.30. The molecule has 0 radical (unpaired) electrons. The van der Waals surface area contributed by atoms with Crippen LogP contribution in [0.25, 0.3) is 0 Å². The van der Waals surface area contributed by atoms with Crippen molar-refractivity contribution >= 4 is 0 Å². The summed E-state index contributed by atoms with van der Waals surface area (Å²) in [6.45, 7) is 9.47. The molecule has 2 aliphatic rings. The number of nitrogens with two attached hydrogens (primary N) is 1. The maximum absolute atomic E-state index is 6.41. The third-order valence-corrected chi connectivity index (χ3v) is 4.61. The zero-order chi connectivity index (χ0) is 9.80. The lowest BCUT2D eigenvalue weighted by Crippen LogP contribution is -2.42. The van der Waals surface area contributed by atoms with Crippen LogP contribution in [0.4, 0.5) is 0 Å². The summed E-state index contributed by atoms with van der Waals surface area (Å²) in [7, 11) is 0. The lowest BCUT2D eigenvalue weighted by molar-refractivity contribution is 0.243. The van der Waals surface area contributed by atoms with E-state index in [1.165, 1.54) is 12.8 Å². The molecule has 1 nitrogen and oxygen atoms in total. The van der Waals surface area contributed by atoms with Gasteiger partial charge < -0.3 is 5.73 Å². The van der Waals surface area contributed by atoms with Gasteiger partial charge in [0.2, 0.25) is 0 Å². The van der Waals surface area contributed by atoms with E-state index in [0.717, 1.165) is 29.6 Å². The molecule has 13 heavy (non-hydrogen) atoms. The maximum Gasteiger partial charge on any atom is 0.0162 e. The summed E-state index contributed by atoms with van der Waals surface area (Å²) >= 11 is 0. The molecule has 0 spiro atoms. The molecule has 0 aromatic heterocycles. The van der Waals surface area contributed by atoms with Gasteiger partial charge in [-0.25, -0.2) is 0 Å². The molecule has 2 fully saturated rings. The Bertz CT molecular complexity index is 209. The molecule has 2 rings (SSSR count). The minimum Gasteiger partial charge on any atom is -0.325 e. The molecule has 2 N–H and O–H groups in total. The molecule has 2 aliphatic carbocycles. The monoisotopic (exact) mass is 181 g/mol. The van der Waals surface area contributed by atoms with Crippen molar-refractivity contribution in [3.8, 4) is 0 Å². The van der Waals surface area contributed by atoms with Crippen LogP contribution in [0.2, 0.25) is 0 Å². The van der Waals surface area contributed by atoms with E-state index in [9.17, 15) is 0 Å². The van der Waals surface area contributed by atoms with Gasteiger partial charge in [0.05, 0.1) is 0 Å². The summed E-state index contributed by atoms with van der Waals surface area (Å²) in [5.41, 5.74) is 6.53. The molecule has 0 heterocycles. The van der Waals surface area contributed by atoms with Gasteiger partial charge in [0, 0.05) is 5.54 Å². The number of hydrogen-bond acceptors (Lipinski definition) is 1. The molecule has 0 bridgehead atoms. The van der Waals surface area contributed by atoms with Crippen LogP contribution < -0.4 is 5.73 Å². The van der Waals surface area contributed by atoms with Crippen LogP contribution in [0.5, 0.6) is 0 Å². The lowest BCUT2D eigenvalue weighted by atomic mass is 9.81.